The van der Waals surface area contributed by atoms with E-state index in [-0.39, 0.29) is 18.2 Å². The number of ether oxygens (including phenoxy) is 1. The van der Waals surface area contributed by atoms with Gasteiger partial charge in [0.2, 0.25) is 5.82 Å². The Morgan fingerprint density at radius 3 is 2.48 bits per heavy atom. The van der Waals surface area contributed by atoms with Gasteiger partial charge in [-0.15, -0.1) is 0 Å². The summed E-state index contributed by atoms with van der Waals surface area (Å²) >= 11 is 0. The molecule has 1 amide bonds. The maximum Gasteiger partial charge on any atom is 0.413 e. The Morgan fingerprint density at radius 2 is 2.00 bits per heavy atom. The number of rotatable bonds is 5. The third kappa shape index (κ3) is 5.72. The second-order valence-electron chi connectivity index (χ2n) is 6.60. The van der Waals surface area contributed by atoms with Crippen molar-refractivity contribution in [1.82, 2.24) is 9.55 Å². The highest BCUT2D eigenvalue weighted by Crippen LogP contribution is 2.16. The lowest BCUT2D eigenvalue weighted by molar-refractivity contribution is -0.141. The standard InChI is InChI=1S/C15H23N3O5/c1-9(2)8-10(13(20)21)18-7-6-16-11(12(18)19)17-14(22)23-15(3,4)5/h6-7,9-10H,8H2,1-5H3,(H,20,21)(H,16,17,22)/t10-/m0/s1. The van der Waals surface area contributed by atoms with E-state index in [0.717, 1.165) is 4.57 Å². The predicted octanol–water partition coefficient (Wildman–Crippen LogP) is 2.26. The molecule has 8 nitrogen and oxygen atoms in total. The molecule has 0 saturated heterocycles. The topological polar surface area (TPSA) is 111 Å². The predicted molar refractivity (Wildman–Crippen MR) is 84.5 cm³/mol. The van der Waals surface area contributed by atoms with E-state index >= 15 is 0 Å². The van der Waals surface area contributed by atoms with E-state index in [2.05, 4.69) is 10.3 Å². The number of carboxylic acid groups (broad SMARTS) is 1. The van der Waals surface area contributed by atoms with Crippen LogP contribution in [0.5, 0.6) is 0 Å². The van der Waals surface area contributed by atoms with Crippen LogP contribution in [0.2, 0.25) is 0 Å². The second-order valence-corrected chi connectivity index (χ2v) is 6.60. The van der Waals surface area contributed by atoms with Gasteiger partial charge in [0, 0.05) is 12.4 Å². The van der Waals surface area contributed by atoms with E-state index in [1.165, 1.54) is 12.4 Å². The van der Waals surface area contributed by atoms with Crippen molar-refractivity contribution < 1.29 is 19.4 Å². The number of aliphatic carboxylic acids is 1. The Bertz CT molecular complexity index is 631. The summed E-state index contributed by atoms with van der Waals surface area (Å²) in [6, 6.07) is -1.02. The number of amides is 1. The first-order valence-corrected chi connectivity index (χ1v) is 7.31. The van der Waals surface area contributed by atoms with E-state index in [9.17, 15) is 19.5 Å². The first kappa shape index (κ1) is 18.7. The number of hydrogen-bond donors (Lipinski definition) is 2. The number of anilines is 1. The zero-order chi connectivity index (χ0) is 17.8. The van der Waals surface area contributed by atoms with E-state index < -0.39 is 29.3 Å². The smallest absolute Gasteiger partial charge is 0.413 e. The van der Waals surface area contributed by atoms with Crippen molar-refractivity contribution in [3.05, 3.63) is 22.7 Å². The molecule has 1 aromatic rings. The third-order valence-electron chi connectivity index (χ3n) is 2.80. The monoisotopic (exact) mass is 325 g/mol. The number of hydrogen-bond acceptors (Lipinski definition) is 5. The van der Waals surface area contributed by atoms with Gasteiger partial charge in [-0.05, 0) is 33.1 Å². The van der Waals surface area contributed by atoms with Crippen LogP contribution in [0.3, 0.4) is 0 Å². The second kappa shape index (κ2) is 7.26. The van der Waals surface area contributed by atoms with Crippen LogP contribution < -0.4 is 10.9 Å². The van der Waals surface area contributed by atoms with Crippen LogP contribution in [0.15, 0.2) is 17.2 Å². The zero-order valence-electron chi connectivity index (χ0n) is 14.0. The Morgan fingerprint density at radius 1 is 1.39 bits per heavy atom. The van der Waals surface area contributed by atoms with E-state index in [1.54, 1.807) is 20.8 Å². The minimum absolute atomic E-state index is 0.0819. The molecule has 128 valence electrons. The molecular formula is C15H23N3O5. The quantitative estimate of drug-likeness (QED) is 0.859. The number of carboxylic acids is 1. The molecule has 1 rings (SSSR count). The van der Waals surface area contributed by atoms with Gasteiger partial charge in [0.1, 0.15) is 11.6 Å². The largest absolute Gasteiger partial charge is 0.480 e. The summed E-state index contributed by atoms with van der Waals surface area (Å²) in [5.41, 5.74) is -1.41. The summed E-state index contributed by atoms with van der Waals surface area (Å²) < 4.78 is 6.11. The van der Waals surface area contributed by atoms with Gasteiger partial charge < -0.3 is 9.84 Å². The first-order chi connectivity index (χ1) is 10.5. The summed E-state index contributed by atoms with van der Waals surface area (Å²) in [4.78, 5) is 39.3. The molecule has 1 heterocycles. The molecule has 0 aliphatic rings. The van der Waals surface area contributed by atoms with Crippen molar-refractivity contribution in [2.75, 3.05) is 5.32 Å². The van der Waals surface area contributed by atoms with Crippen molar-refractivity contribution in [2.45, 2.75) is 52.7 Å². The Kier molecular flexibility index (Phi) is 5.89. The summed E-state index contributed by atoms with van der Waals surface area (Å²) in [6.45, 7) is 8.79. The van der Waals surface area contributed by atoms with Crippen LogP contribution in [-0.2, 0) is 9.53 Å². The lowest BCUT2D eigenvalue weighted by Crippen LogP contribution is -2.35. The van der Waals surface area contributed by atoms with Gasteiger partial charge in [0.05, 0.1) is 0 Å². The maximum absolute atomic E-state index is 12.4. The van der Waals surface area contributed by atoms with Gasteiger partial charge >= 0.3 is 12.1 Å². The number of carbonyl (C=O) groups is 2. The van der Waals surface area contributed by atoms with Crippen LogP contribution in [0.4, 0.5) is 10.6 Å². The number of nitrogens with one attached hydrogen (secondary N) is 1. The fraction of sp³-hybridized carbons (Fsp3) is 0.600. The normalized spacial score (nSPS) is 12.8. The van der Waals surface area contributed by atoms with E-state index in [4.69, 9.17) is 4.74 Å². The molecule has 1 aromatic heterocycles. The molecule has 0 fully saturated rings. The van der Waals surface area contributed by atoms with Gasteiger partial charge in [-0.1, -0.05) is 13.8 Å². The fourth-order valence-electron chi connectivity index (χ4n) is 1.94. The van der Waals surface area contributed by atoms with Crippen molar-refractivity contribution in [2.24, 2.45) is 5.92 Å². The van der Waals surface area contributed by atoms with Crippen molar-refractivity contribution in [3.8, 4) is 0 Å². The van der Waals surface area contributed by atoms with Crippen LogP contribution in [-0.4, -0.2) is 32.3 Å². The molecule has 0 unspecified atom stereocenters. The minimum atomic E-state index is -1.12. The van der Waals surface area contributed by atoms with Gasteiger partial charge in [-0.25, -0.2) is 14.6 Å². The van der Waals surface area contributed by atoms with Gasteiger partial charge in [-0.2, -0.15) is 0 Å². The van der Waals surface area contributed by atoms with E-state index in [0.29, 0.717) is 0 Å². The Labute approximate surface area is 134 Å². The van der Waals surface area contributed by atoms with Crippen molar-refractivity contribution >= 4 is 17.9 Å². The summed E-state index contributed by atoms with van der Waals surface area (Å²) in [6.07, 6.45) is 2.02. The van der Waals surface area contributed by atoms with Gasteiger partial charge in [-0.3, -0.25) is 14.7 Å². The lowest BCUT2D eigenvalue weighted by atomic mass is 10.0. The first-order valence-electron chi connectivity index (χ1n) is 7.31. The fourth-order valence-corrected chi connectivity index (χ4v) is 1.94. The highest BCUT2D eigenvalue weighted by atomic mass is 16.6. The molecule has 2 N–H and O–H groups in total. The van der Waals surface area contributed by atoms with Gasteiger partial charge in [0.15, 0.2) is 0 Å². The maximum atomic E-state index is 12.4. The molecule has 0 saturated carbocycles. The summed E-state index contributed by atoms with van der Waals surface area (Å²) in [7, 11) is 0. The number of aromatic nitrogens is 2. The Hall–Kier alpha value is -2.38. The van der Waals surface area contributed by atoms with Crippen LogP contribution >= 0.6 is 0 Å². The molecule has 0 bridgehead atoms. The highest BCUT2D eigenvalue weighted by molar-refractivity contribution is 5.83. The lowest BCUT2D eigenvalue weighted by Gasteiger charge is -2.20. The molecule has 1 atom stereocenters. The van der Waals surface area contributed by atoms with E-state index in [1.807, 2.05) is 13.8 Å². The van der Waals surface area contributed by atoms with Crippen LogP contribution in [0.1, 0.15) is 47.1 Å². The van der Waals surface area contributed by atoms with Gasteiger partial charge in [0.25, 0.3) is 5.56 Å². The highest BCUT2D eigenvalue weighted by Gasteiger charge is 2.24. The van der Waals surface area contributed by atoms with Crippen molar-refractivity contribution in [1.29, 1.82) is 0 Å². The average molecular weight is 325 g/mol. The SMILES string of the molecule is CC(C)C[C@@H](C(=O)O)n1ccnc(NC(=O)OC(C)(C)C)c1=O. The van der Waals surface area contributed by atoms with Crippen LogP contribution in [0.25, 0.3) is 0 Å². The Balaban J connectivity index is 3.08. The molecule has 8 heteroatoms. The number of carbonyl (C=O) groups excluding carboxylic acids is 1. The average Bonchev–Trinajstić information content (AvgIpc) is 2.36. The molecular weight excluding hydrogens is 302 g/mol. The molecule has 0 radical (unpaired) electrons. The molecule has 0 spiro atoms. The molecule has 0 aliphatic carbocycles. The number of nitrogens with zero attached hydrogens (tertiary/aromatic N) is 2. The van der Waals surface area contributed by atoms with Crippen molar-refractivity contribution in [3.63, 3.8) is 0 Å². The third-order valence-corrected chi connectivity index (χ3v) is 2.80. The molecule has 0 aromatic carbocycles. The summed E-state index contributed by atoms with van der Waals surface area (Å²) in [5, 5.41) is 11.6. The molecule has 23 heavy (non-hydrogen) atoms. The molecule has 0 aliphatic heterocycles. The minimum Gasteiger partial charge on any atom is -0.480 e. The summed E-state index contributed by atoms with van der Waals surface area (Å²) in [5.74, 6) is -1.30. The zero-order valence-corrected chi connectivity index (χ0v) is 14.0. The van der Waals surface area contributed by atoms with Crippen LogP contribution in [0, 0.1) is 5.92 Å².